The molecule has 0 saturated carbocycles. The van der Waals surface area contributed by atoms with E-state index in [1.807, 2.05) is 6.08 Å². The van der Waals surface area contributed by atoms with Crippen LogP contribution in [0.5, 0.6) is 0 Å². The number of allylic oxidation sites excluding steroid dienone is 1. The molecule has 0 aliphatic carbocycles. The van der Waals surface area contributed by atoms with Crippen molar-refractivity contribution in [1.29, 1.82) is 0 Å². The van der Waals surface area contributed by atoms with Gasteiger partial charge >= 0.3 is 5.97 Å². The number of unbranched alkanes of at least 4 members (excludes halogenated alkanes) is 8. The molecular weight excluding hydrogens is 286 g/mol. The van der Waals surface area contributed by atoms with Gasteiger partial charge in [0.1, 0.15) is 0 Å². The van der Waals surface area contributed by atoms with Crippen LogP contribution in [-0.2, 0) is 4.79 Å². The van der Waals surface area contributed by atoms with E-state index in [0.717, 1.165) is 19.4 Å². The molecule has 0 radical (unpaired) electrons. The second-order valence-corrected chi connectivity index (χ2v) is 6.65. The molecule has 23 heavy (non-hydrogen) atoms. The minimum Gasteiger partial charge on any atom is -0.478 e. The minimum absolute atomic E-state index is 0.473. The molecule has 0 aromatic carbocycles. The molecule has 0 bridgehead atoms. The lowest BCUT2D eigenvalue weighted by Crippen LogP contribution is -2.27. The molecule has 3 nitrogen and oxygen atoms in total. The maximum atomic E-state index is 10.7. The van der Waals surface area contributed by atoms with Crippen LogP contribution in [0, 0.1) is 0 Å². The topological polar surface area (TPSA) is 40.5 Å². The van der Waals surface area contributed by atoms with E-state index in [2.05, 4.69) is 18.7 Å². The summed E-state index contributed by atoms with van der Waals surface area (Å²) in [5.74, 6) is -0.793. The van der Waals surface area contributed by atoms with Gasteiger partial charge < -0.3 is 10.0 Å². The highest BCUT2D eigenvalue weighted by Crippen LogP contribution is 2.08. The first-order chi connectivity index (χ1) is 11.1. The van der Waals surface area contributed by atoms with E-state index in [0.29, 0.717) is 5.57 Å². The van der Waals surface area contributed by atoms with Crippen molar-refractivity contribution < 1.29 is 9.90 Å². The van der Waals surface area contributed by atoms with E-state index >= 15 is 0 Å². The minimum atomic E-state index is -0.793. The molecule has 0 aliphatic rings. The van der Waals surface area contributed by atoms with Gasteiger partial charge in [0.15, 0.2) is 0 Å². The maximum absolute atomic E-state index is 10.7. The van der Waals surface area contributed by atoms with Crippen molar-refractivity contribution in [2.75, 3.05) is 19.6 Å². The van der Waals surface area contributed by atoms with Gasteiger partial charge in [0, 0.05) is 5.57 Å². The van der Waals surface area contributed by atoms with Crippen molar-refractivity contribution in [3.8, 4) is 0 Å². The average Bonchev–Trinajstić information content (AvgIpc) is 2.54. The van der Waals surface area contributed by atoms with E-state index in [1.54, 1.807) is 6.92 Å². The van der Waals surface area contributed by atoms with Crippen LogP contribution in [0.1, 0.15) is 91.4 Å². The van der Waals surface area contributed by atoms with Crippen LogP contribution in [0.25, 0.3) is 0 Å². The number of hydrogen-bond donors (Lipinski definition) is 1. The Morgan fingerprint density at radius 2 is 1.30 bits per heavy atom. The van der Waals surface area contributed by atoms with E-state index in [-0.39, 0.29) is 0 Å². The lowest BCUT2D eigenvalue weighted by Gasteiger charge is -2.22. The largest absolute Gasteiger partial charge is 0.478 e. The fraction of sp³-hybridized carbons (Fsp3) is 0.850. The zero-order valence-corrected chi connectivity index (χ0v) is 15.8. The lowest BCUT2D eigenvalue weighted by atomic mass is 10.1. The van der Waals surface area contributed by atoms with Gasteiger partial charge in [-0.1, -0.05) is 58.4 Å². The Morgan fingerprint density at radius 3 is 1.74 bits per heavy atom. The third-order valence-electron chi connectivity index (χ3n) is 4.37. The summed E-state index contributed by atoms with van der Waals surface area (Å²) in [5, 5.41) is 8.83. The molecule has 0 fully saturated rings. The highest BCUT2D eigenvalue weighted by atomic mass is 16.4. The van der Waals surface area contributed by atoms with Crippen molar-refractivity contribution in [3.63, 3.8) is 0 Å². The Bertz CT molecular complexity index is 301. The standard InChI is InChI=1S/C20H39NO2/c1-4-6-8-12-16-21(17-13-9-7-5-2)18-14-10-11-15-19(3)20(22)23/h15H,4-14,16-18H2,1-3H3,(H,22,23). The molecule has 0 unspecified atom stereocenters. The van der Waals surface area contributed by atoms with Crippen molar-refractivity contribution in [2.24, 2.45) is 0 Å². The quantitative estimate of drug-likeness (QED) is 0.294. The van der Waals surface area contributed by atoms with Crippen LogP contribution in [0.15, 0.2) is 11.6 Å². The Morgan fingerprint density at radius 1 is 0.826 bits per heavy atom. The molecular formula is C20H39NO2. The van der Waals surface area contributed by atoms with Crippen LogP contribution in [0.4, 0.5) is 0 Å². The summed E-state index contributed by atoms with van der Waals surface area (Å²) >= 11 is 0. The Labute approximate surface area is 144 Å². The molecule has 0 spiro atoms. The van der Waals surface area contributed by atoms with E-state index < -0.39 is 5.97 Å². The van der Waals surface area contributed by atoms with Gasteiger partial charge in [-0.15, -0.1) is 0 Å². The van der Waals surface area contributed by atoms with Gasteiger partial charge in [-0.05, 0) is 58.7 Å². The summed E-state index contributed by atoms with van der Waals surface area (Å²) in [4.78, 5) is 13.4. The fourth-order valence-electron chi connectivity index (χ4n) is 2.75. The van der Waals surface area contributed by atoms with Gasteiger partial charge in [0.2, 0.25) is 0 Å². The molecule has 0 aliphatic heterocycles. The molecule has 0 saturated heterocycles. The number of rotatable bonds is 16. The lowest BCUT2D eigenvalue weighted by molar-refractivity contribution is -0.132. The van der Waals surface area contributed by atoms with E-state index in [1.165, 1.54) is 70.9 Å². The molecule has 0 rings (SSSR count). The number of carboxylic acid groups (broad SMARTS) is 1. The zero-order valence-electron chi connectivity index (χ0n) is 15.8. The van der Waals surface area contributed by atoms with Gasteiger partial charge in [-0.2, -0.15) is 0 Å². The van der Waals surface area contributed by atoms with E-state index in [4.69, 9.17) is 5.11 Å². The third kappa shape index (κ3) is 14.5. The molecule has 0 atom stereocenters. The van der Waals surface area contributed by atoms with Crippen LogP contribution in [0.2, 0.25) is 0 Å². The first-order valence-electron chi connectivity index (χ1n) is 9.74. The van der Waals surface area contributed by atoms with Gasteiger partial charge in [0.05, 0.1) is 0 Å². The van der Waals surface area contributed by atoms with Crippen LogP contribution >= 0.6 is 0 Å². The summed E-state index contributed by atoms with van der Waals surface area (Å²) in [6.45, 7) is 9.82. The highest BCUT2D eigenvalue weighted by molar-refractivity contribution is 5.85. The number of aliphatic carboxylic acids is 1. The summed E-state index contributed by atoms with van der Waals surface area (Å²) in [7, 11) is 0. The smallest absolute Gasteiger partial charge is 0.330 e. The van der Waals surface area contributed by atoms with Gasteiger partial charge in [0.25, 0.3) is 0 Å². The predicted octanol–water partition coefficient (Wildman–Crippen LogP) is 5.65. The molecule has 136 valence electrons. The van der Waals surface area contributed by atoms with Crippen LogP contribution in [0.3, 0.4) is 0 Å². The molecule has 3 heteroatoms. The second kappa shape index (κ2) is 16.0. The van der Waals surface area contributed by atoms with E-state index in [9.17, 15) is 4.79 Å². The number of nitrogens with zero attached hydrogens (tertiary/aromatic N) is 1. The first-order valence-corrected chi connectivity index (χ1v) is 9.74. The van der Waals surface area contributed by atoms with Crippen molar-refractivity contribution in [2.45, 2.75) is 91.4 Å². The number of carboxylic acids is 1. The second-order valence-electron chi connectivity index (χ2n) is 6.65. The number of hydrogen-bond acceptors (Lipinski definition) is 2. The molecule has 0 aromatic heterocycles. The fourth-order valence-corrected chi connectivity index (χ4v) is 2.75. The Balaban J connectivity index is 3.93. The molecule has 1 N–H and O–H groups in total. The van der Waals surface area contributed by atoms with Crippen LogP contribution < -0.4 is 0 Å². The molecule has 0 aromatic rings. The van der Waals surface area contributed by atoms with Gasteiger partial charge in [-0.3, -0.25) is 0 Å². The number of carbonyl (C=O) groups is 1. The van der Waals surface area contributed by atoms with Gasteiger partial charge in [-0.25, -0.2) is 4.79 Å². The van der Waals surface area contributed by atoms with Crippen molar-refractivity contribution >= 4 is 5.97 Å². The van der Waals surface area contributed by atoms with Crippen molar-refractivity contribution in [3.05, 3.63) is 11.6 Å². The summed E-state index contributed by atoms with van der Waals surface area (Å²) in [6.07, 6.45) is 15.6. The third-order valence-corrected chi connectivity index (χ3v) is 4.37. The Kier molecular flexibility index (Phi) is 15.5. The summed E-state index contributed by atoms with van der Waals surface area (Å²) in [6, 6.07) is 0. The highest BCUT2D eigenvalue weighted by Gasteiger charge is 2.04. The Hall–Kier alpha value is -0.830. The first kappa shape index (κ1) is 22.2. The maximum Gasteiger partial charge on any atom is 0.330 e. The summed E-state index contributed by atoms with van der Waals surface area (Å²) in [5.41, 5.74) is 0.473. The molecule has 0 amide bonds. The monoisotopic (exact) mass is 325 g/mol. The molecule has 0 heterocycles. The SMILES string of the molecule is CCCCCCN(CCCCC=C(C)C(=O)O)CCCCCC. The normalized spacial score (nSPS) is 12.1. The zero-order chi connectivity index (χ0) is 17.3. The van der Waals surface area contributed by atoms with Crippen LogP contribution in [-0.4, -0.2) is 35.6 Å². The predicted molar refractivity (Wildman–Crippen MR) is 100.0 cm³/mol. The average molecular weight is 326 g/mol. The van der Waals surface area contributed by atoms with Crippen molar-refractivity contribution in [1.82, 2.24) is 4.90 Å². The summed E-state index contributed by atoms with van der Waals surface area (Å²) < 4.78 is 0.